The predicted molar refractivity (Wildman–Crippen MR) is 82.9 cm³/mol. The Bertz CT molecular complexity index is 687. The molecule has 8 heteroatoms. The van der Waals surface area contributed by atoms with Gasteiger partial charge < -0.3 is 13.8 Å². The second-order valence-corrected chi connectivity index (χ2v) is 6.90. The Hall–Kier alpha value is -1.80. The van der Waals surface area contributed by atoms with E-state index >= 15 is 0 Å². The van der Waals surface area contributed by atoms with E-state index in [9.17, 15) is 4.79 Å². The highest BCUT2D eigenvalue weighted by atomic mass is 32.2. The monoisotopic (exact) mass is 310 g/mol. The van der Waals surface area contributed by atoms with E-state index in [4.69, 9.17) is 9.47 Å². The first-order valence-electron chi connectivity index (χ1n) is 6.59. The van der Waals surface area contributed by atoms with Crippen LogP contribution in [0, 0.1) is 0 Å². The van der Waals surface area contributed by atoms with Crippen molar-refractivity contribution >= 4 is 33.9 Å². The van der Waals surface area contributed by atoms with Gasteiger partial charge in [0.05, 0.1) is 38.0 Å². The number of hydrogen-bond donors (Lipinski definition) is 1. The molecule has 1 aliphatic rings. The Morgan fingerprint density at radius 2 is 2.33 bits per heavy atom. The zero-order valence-corrected chi connectivity index (χ0v) is 13.1. The molecule has 2 aromatic rings. The molecule has 0 N–H and O–H groups in total. The van der Waals surface area contributed by atoms with Crippen molar-refractivity contribution in [1.29, 1.82) is 0 Å². The van der Waals surface area contributed by atoms with Gasteiger partial charge in [0.25, 0.3) is 0 Å². The third-order valence-corrected chi connectivity index (χ3v) is 5.28. The Morgan fingerprint density at radius 3 is 3.05 bits per heavy atom. The smallest absolute Gasteiger partial charge is 0.340 e. The lowest BCUT2D eigenvalue weighted by molar-refractivity contribution is 0.0602. The van der Waals surface area contributed by atoms with E-state index < -0.39 is 11.1 Å². The molecule has 0 amide bonds. The number of ether oxygens (including phenoxy) is 2. The molecule has 1 atom stereocenters. The van der Waals surface area contributed by atoms with Crippen LogP contribution in [-0.4, -0.2) is 53.2 Å². The summed E-state index contributed by atoms with van der Waals surface area (Å²) in [5.41, 5.74) is 1.89. The zero-order valence-electron chi connectivity index (χ0n) is 12.2. The molecule has 3 rings (SSSR count). The van der Waals surface area contributed by atoms with Crippen molar-refractivity contribution < 1.29 is 14.3 Å². The van der Waals surface area contributed by atoms with Gasteiger partial charge in [-0.3, -0.25) is 4.68 Å². The molecule has 0 aromatic carbocycles. The molecule has 114 valence electrons. The number of rotatable bonds is 2. The minimum absolute atomic E-state index is 0.374. The standard InChI is InChI=1S/C13H18N4O3S/c1-16-12-9(13(18)19-2)6-11(15-10(12)7-14-16)17-4-5-20-8-21(17)3/h6-7,21H,4-5,8H2,1-3H3. The molecule has 0 saturated carbocycles. The number of aryl methyl sites for hydroxylation is 1. The largest absolute Gasteiger partial charge is 0.465 e. The van der Waals surface area contributed by atoms with Crippen molar-refractivity contribution in [2.45, 2.75) is 0 Å². The third kappa shape index (κ3) is 2.44. The molecular weight excluding hydrogens is 292 g/mol. The van der Waals surface area contributed by atoms with Gasteiger partial charge in [-0.15, -0.1) is 0 Å². The summed E-state index contributed by atoms with van der Waals surface area (Å²) >= 11 is -0.447. The van der Waals surface area contributed by atoms with Gasteiger partial charge in [-0.1, -0.05) is 0 Å². The molecule has 1 saturated heterocycles. The van der Waals surface area contributed by atoms with Crippen LogP contribution < -0.4 is 4.31 Å². The summed E-state index contributed by atoms with van der Waals surface area (Å²) in [5.74, 6) is 1.13. The lowest BCUT2D eigenvalue weighted by Crippen LogP contribution is -2.31. The third-order valence-electron chi connectivity index (χ3n) is 3.49. The number of methoxy groups -OCH3 is 1. The first kappa shape index (κ1) is 14.2. The van der Waals surface area contributed by atoms with Crippen LogP contribution in [0.3, 0.4) is 0 Å². The first-order chi connectivity index (χ1) is 10.1. The van der Waals surface area contributed by atoms with E-state index in [1.165, 1.54) is 7.11 Å². The lowest BCUT2D eigenvalue weighted by Gasteiger charge is -2.37. The number of hydrogen-bond acceptors (Lipinski definition) is 6. The Kier molecular flexibility index (Phi) is 3.73. The highest BCUT2D eigenvalue weighted by molar-refractivity contribution is 8.17. The number of nitrogens with zero attached hydrogens (tertiary/aromatic N) is 4. The molecule has 1 unspecified atom stereocenters. The molecule has 0 aliphatic carbocycles. The molecule has 1 fully saturated rings. The summed E-state index contributed by atoms with van der Waals surface area (Å²) in [6.45, 7) is 1.45. The summed E-state index contributed by atoms with van der Waals surface area (Å²) in [5, 5.41) is 4.19. The predicted octanol–water partition coefficient (Wildman–Crippen LogP) is 1.09. The highest BCUT2D eigenvalue weighted by Gasteiger charge is 2.22. The normalized spacial score (nSPS) is 20.7. The molecule has 1 aliphatic heterocycles. The number of aromatic nitrogens is 3. The minimum Gasteiger partial charge on any atom is -0.465 e. The van der Waals surface area contributed by atoms with Crippen LogP contribution in [0.5, 0.6) is 0 Å². The van der Waals surface area contributed by atoms with E-state index in [0.29, 0.717) is 23.2 Å². The Balaban J connectivity index is 2.14. The number of thiol groups is 1. The van der Waals surface area contributed by atoms with Crippen LogP contribution in [0.2, 0.25) is 0 Å². The van der Waals surface area contributed by atoms with Gasteiger partial charge in [0, 0.05) is 7.05 Å². The number of esters is 1. The lowest BCUT2D eigenvalue weighted by atomic mass is 10.2. The minimum atomic E-state index is -0.447. The van der Waals surface area contributed by atoms with Gasteiger partial charge in [-0.25, -0.2) is 9.78 Å². The second kappa shape index (κ2) is 5.53. The number of anilines is 1. The van der Waals surface area contributed by atoms with Gasteiger partial charge >= 0.3 is 5.97 Å². The van der Waals surface area contributed by atoms with Crippen LogP contribution in [0.4, 0.5) is 5.82 Å². The number of carbonyl (C=O) groups excluding carboxylic acids is 1. The van der Waals surface area contributed by atoms with Crippen molar-refractivity contribution in [3.8, 4) is 0 Å². The van der Waals surface area contributed by atoms with Gasteiger partial charge in [-0.2, -0.15) is 16.2 Å². The molecule has 21 heavy (non-hydrogen) atoms. The average molecular weight is 310 g/mol. The van der Waals surface area contributed by atoms with Crippen molar-refractivity contribution in [3.63, 3.8) is 0 Å². The fourth-order valence-electron chi connectivity index (χ4n) is 2.45. The van der Waals surface area contributed by atoms with Crippen LogP contribution in [0.15, 0.2) is 12.3 Å². The molecule has 0 spiro atoms. The van der Waals surface area contributed by atoms with Crippen molar-refractivity contribution in [2.75, 3.05) is 36.8 Å². The highest BCUT2D eigenvalue weighted by Crippen LogP contribution is 2.35. The van der Waals surface area contributed by atoms with Crippen LogP contribution >= 0.6 is 11.1 Å². The molecule has 0 radical (unpaired) electrons. The maximum atomic E-state index is 12.1. The molecule has 3 heterocycles. The van der Waals surface area contributed by atoms with Gasteiger partial charge in [0.1, 0.15) is 16.9 Å². The van der Waals surface area contributed by atoms with E-state index in [0.717, 1.165) is 18.3 Å². The summed E-state index contributed by atoms with van der Waals surface area (Å²) < 4.78 is 14.2. The fraction of sp³-hybridized carbons (Fsp3) is 0.462. The van der Waals surface area contributed by atoms with Crippen LogP contribution in [-0.2, 0) is 16.5 Å². The maximum Gasteiger partial charge on any atom is 0.340 e. The zero-order chi connectivity index (χ0) is 15.0. The van der Waals surface area contributed by atoms with Crippen molar-refractivity contribution in [2.24, 2.45) is 7.05 Å². The summed E-state index contributed by atoms with van der Waals surface area (Å²) in [6.07, 6.45) is 3.81. The molecule has 2 aromatic heterocycles. The SMILES string of the molecule is COC(=O)c1cc(N2CCOC[SH]2C)nc2cnn(C)c12. The van der Waals surface area contributed by atoms with Crippen LogP contribution in [0.1, 0.15) is 10.4 Å². The first-order valence-corrected chi connectivity index (χ1v) is 8.52. The van der Waals surface area contributed by atoms with E-state index in [1.807, 2.05) is 0 Å². The van der Waals surface area contributed by atoms with Crippen molar-refractivity contribution in [1.82, 2.24) is 14.8 Å². The fourth-order valence-corrected chi connectivity index (χ4v) is 3.86. The second-order valence-electron chi connectivity index (χ2n) is 4.84. The topological polar surface area (TPSA) is 69.5 Å². The quantitative estimate of drug-likeness (QED) is 0.661. The summed E-state index contributed by atoms with van der Waals surface area (Å²) in [4.78, 5) is 16.7. The maximum absolute atomic E-state index is 12.1. The van der Waals surface area contributed by atoms with Gasteiger partial charge in [0.15, 0.2) is 0 Å². The number of pyridine rings is 1. The molecular formula is C13H18N4O3S. The molecule has 0 bridgehead atoms. The number of carbonyl (C=O) groups is 1. The Morgan fingerprint density at radius 1 is 1.52 bits per heavy atom. The summed E-state index contributed by atoms with van der Waals surface area (Å²) in [7, 11) is 3.17. The Labute approximate surface area is 125 Å². The average Bonchev–Trinajstić information content (AvgIpc) is 2.87. The van der Waals surface area contributed by atoms with E-state index in [2.05, 4.69) is 20.6 Å². The number of fused-ring (bicyclic) bond motifs is 1. The van der Waals surface area contributed by atoms with E-state index in [1.54, 1.807) is 24.0 Å². The van der Waals surface area contributed by atoms with Crippen molar-refractivity contribution in [3.05, 3.63) is 17.8 Å². The van der Waals surface area contributed by atoms with E-state index in [-0.39, 0.29) is 5.97 Å². The summed E-state index contributed by atoms with van der Waals surface area (Å²) in [6, 6.07) is 1.79. The van der Waals surface area contributed by atoms with Crippen LogP contribution in [0.25, 0.3) is 11.0 Å². The van der Waals surface area contributed by atoms with Gasteiger partial charge in [-0.05, 0) is 12.3 Å². The molecule has 7 nitrogen and oxygen atoms in total. The van der Waals surface area contributed by atoms with Gasteiger partial charge in [0.2, 0.25) is 0 Å².